The van der Waals surface area contributed by atoms with Crippen molar-refractivity contribution >= 4 is 17.5 Å². The molecule has 1 aliphatic rings. The molecule has 1 aromatic heterocycles. The van der Waals surface area contributed by atoms with Gasteiger partial charge in [0.25, 0.3) is 0 Å². The van der Waals surface area contributed by atoms with Crippen molar-refractivity contribution in [2.75, 3.05) is 24.7 Å². The molecule has 2 rings (SSSR count). The van der Waals surface area contributed by atoms with Gasteiger partial charge in [-0.25, -0.2) is 4.79 Å². The second-order valence-electron chi connectivity index (χ2n) is 7.26. The first-order chi connectivity index (χ1) is 11.6. The maximum atomic E-state index is 13.4. The van der Waals surface area contributed by atoms with E-state index in [-0.39, 0.29) is 12.2 Å². The number of aromatic nitrogens is 1. The molecular formula is C16H23FN4O4. The number of pyridine rings is 1. The normalized spacial score (nSPS) is 21.0. The van der Waals surface area contributed by atoms with Crippen LogP contribution in [-0.4, -0.2) is 57.4 Å². The highest BCUT2D eigenvalue weighted by Crippen LogP contribution is 2.33. The molecule has 0 unspecified atom stereocenters. The molecule has 2 heterocycles. The summed E-state index contributed by atoms with van der Waals surface area (Å²) in [5.74, 6) is -0.393. The van der Waals surface area contributed by atoms with Gasteiger partial charge < -0.3 is 10.0 Å². The average Bonchev–Trinajstić information content (AvgIpc) is 2.52. The summed E-state index contributed by atoms with van der Waals surface area (Å²) in [6, 6.07) is 1.05. The van der Waals surface area contributed by atoms with Crippen LogP contribution in [0.4, 0.5) is 20.6 Å². The summed E-state index contributed by atoms with van der Waals surface area (Å²) in [4.78, 5) is 29.3. The molecule has 0 aliphatic carbocycles. The van der Waals surface area contributed by atoms with Crippen LogP contribution in [0.1, 0.15) is 27.2 Å². The van der Waals surface area contributed by atoms with Gasteiger partial charge in [-0.1, -0.05) is 0 Å². The van der Waals surface area contributed by atoms with E-state index in [1.165, 1.54) is 17.2 Å². The predicted octanol–water partition coefficient (Wildman–Crippen LogP) is 2.93. The summed E-state index contributed by atoms with van der Waals surface area (Å²) in [5, 5.41) is 20.9. The number of nitro groups is 1. The lowest BCUT2D eigenvalue weighted by atomic mass is 9.91. The first kappa shape index (κ1) is 18.9. The summed E-state index contributed by atoms with van der Waals surface area (Å²) in [5.41, 5.74) is -0.495. The monoisotopic (exact) mass is 354 g/mol. The Bertz CT molecular complexity index is 649. The minimum Gasteiger partial charge on any atom is -0.465 e. The van der Waals surface area contributed by atoms with E-state index in [0.29, 0.717) is 18.7 Å². The van der Waals surface area contributed by atoms with Crippen molar-refractivity contribution in [3.8, 4) is 0 Å². The molecule has 1 amide bonds. The van der Waals surface area contributed by atoms with Gasteiger partial charge in [0.1, 0.15) is 11.9 Å². The number of carbonyl (C=O) groups is 1. The fraction of sp³-hybridized carbons (Fsp3) is 0.625. The maximum absolute atomic E-state index is 13.4. The van der Waals surface area contributed by atoms with Crippen LogP contribution in [0.15, 0.2) is 18.5 Å². The fourth-order valence-corrected chi connectivity index (χ4v) is 3.45. The predicted molar refractivity (Wildman–Crippen MR) is 90.6 cm³/mol. The summed E-state index contributed by atoms with van der Waals surface area (Å²) >= 11 is 0. The molecule has 0 spiro atoms. The van der Waals surface area contributed by atoms with E-state index in [1.54, 1.807) is 25.7 Å². The number of alkyl halides is 1. The smallest absolute Gasteiger partial charge is 0.408 e. The zero-order valence-electron chi connectivity index (χ0n) is 14.6. The number of hydrogen-bond donors (Lipinski definition) is 1. The Hall–Kier alpha value is -2.45. The topological polar surface area (TPSA) is 99.8 Å². The third-order valence-corrected chi connectivity index (χ3v) is 4.34. The summed E-state index contributed by atoms with van der Waals surface area (Å²) in [7, 11) is 0. The summed E-state index contributed by atoms with van der Waals surface area (Å²) < 4.78 is 13.4. The number of nitrogens with zero attached hydrogens (tertiary/aromatic N) is 4. The van der Waals surface area contributed by atoms with Gasteiger partial charge in [0.15, 0.2) is 0 Å². The third-order valence-electron chi connectivity index (χ3n) is 4.34. The molecule has 1 aromatic rings. The lowest BCUT2D eigenvalue weighted by Gasteiger charge is -2.46. The molecule has 1 saturated heterocycles. The van der Waals surface area contributed by atoms with Crippen molar-refractivity contribution in [1.82, 2.24) is 9.88 Å². The van der Waals surface area contributed by atoms with E-state index in [1.807, 2.05) is 0 Å². The fourth-order valence-electron chi connectivity index (χ4n) is 3.45. The van der Waals surface area contributed by atoms with E-state index in [4.69, 9.17) is 0 Å². The zero-order chi connectivity index (χ0) is 18.8. The number of anilines is 1. The van der Waals surface area contributed by atoms with E-state index in [2.05, 4.69) is 4.98 Å². The van der Waals surface area contributed by atoms with E-state index >= 15 is 0 Å². The molecule has 25 heavy (non-hydrogen) atoms. The number of halogens is 1. The van der Waals surface area contributed by atoms with Gasteiger partial charge in [0.2, 0.25) is 0 Å². The first-order valence-corrected chi connectivity index (χ1v) is 8.06. The maximum Gasteiger partial charge on any atom is 0.408 e. The van der Waals surface area contributed by atoms with Gasteiger partial charge in [0.05, 0.1) is 17.6 Å². The van der Waals surface area contributed by atoms with Crippen molar-refractivity contribution in [2.24, 2.45) is 5.92 Å². The van der Waals surface area contributed by atoms with Crippen LogP contribution in [0.3, 0.4) is 0 Å². The Kier molecular flexibility index (Phi) is 5.44. The standard InChI is InChI=1S/C16H23FN4O4/c1-16(2,3)20(15(22)23)12-6-11(7-17)9-19(10-12)13-4-5-18-8-14(13)21(24)25/h4-5,8,11-12H,6-7,9-10H2,1-3H3,(H,22,23)/t11-,12-/m1/s1. The molecule has 0 bridgehead atoms. The SMILES string of the molecule is CC(C)(C)N(C(=O)O)[C@@H]1C[C@H](CF)CN(c2ccncc2[N+](=O)[O-])C1. The Morgan fingerprint density at radius 3 is 2.72 bits per heavy atom. The van der Waals surface area contributed by atoms with Crippen molar-refractivity contribution in [3.05, 3.63) is 28.6 Å². The molecule has 1 aliphatic heterocycles. The number of piperidine rings is 1. The highest BCUT2D eigenvalue weighted by molar-refractivity contribution is 5.67. The number of rotatable bonds is 4. The van der Waals surface area contributed by atoms with Crippen LogP contribution in [0.25, 0.3) is 0 Å². The van der Waals surface area contributed by atoms with Crippen molar-refractivity contribution < 1.29 is 19.2 Å². The van der Waals surface area contributed by atoms with Crippen LogP contribution < -0.4 is 4.90 Å². The van der Waals surface area contributed by atoms with Crippen molar-refractivity contribution in [3.63, 3.8) is 0 Å². The highest BCUT2D eigenvalue weighted by Gasteiger charge is 2.39. The van der Waals surface area contributed by atoms with Gasteiger partial charge in [0, 0.05) is 30.7 Å². The van der Waals surface area contributed by atoms with Crippen LogP contribution >= 0.6 is 0 Å². The molecule has 0 radical (unpaired) electrons. The highest BCUT2D eigenvalue weighted by atomic mass is 19.1. The lowest BCUT2D eigenvalue weighted by molar-refractivity contribution is -0.384. The minimum atomic E-state index is -1.08. The Labute approximate surface area is 145 Å². The molecule has 0 aromatic carbocycles. The van der Waals surface area contributed by atoms with Crippen LogP contribution in [0, 0.1) is 16.0 Å². The quantitative estimate of drug-likeness (QED) is 0.659. The molecule has 0 saturated carbocycles. The average molecular weight is 354 g/mol. The number of carboxylic acid groups (broad SMARTS) is 1. The van der Waals surface area contributed by atoms with Gasteiger partial charge in [-0.2, -0.15) is 0 Å². The van der Waals surface area contributed by atoms with Crippen molar-refractivity contribution in [1.29, 1.82) is 0 Å². The van der Waals surface area contributed by atoms with Crippen LogP contribution in [0.2, 0.25) is 0 Å². The summed E-state index contributed by atoms with van der Waals surface area (Å²) in [6.45, 7) is 5.29. The number of hydrogen-bond acceptors (Lipinski definition) is 5. The Morgan fingerprint density at radius 1 is 1.52 bits per heavy atom. The molecule has 2 atom stereocenters. The zero-order valence-corrected chi connectivity index (χ0v) is 14.6. The largest absolute Gasteiger partial charge is 0.465 e. The second-order valence-corrected chi connectivity index (χ2v) is 7.26. The van der Waals surface area contributed by atoms with E-state index in [0.717, 1.165) is 6.20 Å². The van der Waals surface area contributed by atoms with Crippen molar-refractivity contribution in [2.45, 2.75) is 38.8 Å². The lowest BCUT2D eigenvalue weighted by Crippen LogP contribution is -2.58. The first-order valence-electron chi connectivity index (χ1n) is 8.06. The Balaban J connectivity index is 2.38. The van der Waals surface area contributed by atoms with E-state index in [9.17, 15) is 24.4 Å². The molecular weight excluding hydrogens is 331 g/mol. The summed E-state index contributed by atoms with van der Waals surface area (Å²) in [6.07, 6.45) is 1.90. The molecule has 138 valence electrons. The van der Waals surface area contributed by atoms with Crippen LogP contribution in [0.5, 0.6) is 0 Å². The van der Waals surface area contributed by atoms with Gasteiger partial charge >= 0.3 is 11.8 Å². The van der Waals surface area contributed by atoms with E-state index < -0.39 is 35.2 Å². The Morgan fingerprint density at radius 2 is 2.20 bits per heavy atom. The molecule has 1 N–H and O–H groups in total. The third kappa shape index (κ3) is 4.15. The van der Waals surface area contributed by atoms with Crippen LogP contribution in [-0.2, 0) is 0 Å². The van der Waals surface area contributed by atoms with Gasteiger partial charge in [-0.05, 0) is 33.3 Å². The molecule has 1 fully saturated rings. The van der Waals surface area contributed by atoms with Gasteiger partial charge in [-0.3, -0.25) is 24.4 Å². The molecule has 8 nitrogen and oxygen atoms in total. The number of amides is 1. The molecule has 9 heteroatoms. The minimum absolute atomic E-state index is 0.168. The van der Waals surface area contributed by atoms with Gasteiger partial charge in [-0.15, -0.1) is 0 Å². The second kappa shape index (κ2) is 7.20.